The minimum atomic E-state index is -1.02. The Morgan fingerprint density at radius 1 is 0.972 bits per heavy atom. The number of hydrogen-bond donors (Lipinski definition) is 1. The zero-order valence-electron chi connectivity index (χ0n) is 19.9. The monoisotopic (exact) mass is 498 g/mol. The van der Waals surface area contributed by atoms with Gasteiger partial charge in [0, 0.05) is 4.75 Å². The van der Waals surface area contributed by atoms with Crippen molar-refractivity contribution in [2.24, 2.45) is 5.92 Å². The summed E-state index contributed by atoms with van der Waals surface area (Å²) in [5.74, 6) is -1.32. The van der Waals surface area contributed by atoms with Gasteiger partial charge in [-0.1, -0.05) is 72.8 Å². The number of nitrogens with zero attached hydrogens (tertiary/aromatic N) is 2. The zero-order chi connectivity index (χ0) is 25.4. The summed E-state index contributed by atoms with van der Waals surface area (Å²) in [7, 11) is 0. The van der Waals surface area contributed by atoms with Gasteiger partial charge in [-0.05, 0) is 42.7 Å². The minimum Gasteiger partial charge on any atom is -0.449 e. The first-order chi connectivity index (χ1) is 17.3. The molecule has 3 aromatic rings. The molecule has 1 unspecified atom stereocenters. The Morgan fingerprint density at radius 3 is 2.06 bits per heavy atom. The Hall–Kier alpha value is -3.60. The molecule has 0 saturated carbocycles. The van der Waals surface area contributed by atoms with E-state index in [4.69, 9.17) is 4.74 Å². The predicted molar refractivity (Wildman–Crippen MR) is 137 cm³/mol. The smallest absolute Gasteiger partial charge is 0.339 e. The van der Waals surface area contributed by atoms with E-state index in [9.17, 15) is 20.0 Å². The van der Waals surface area contributed by atoms with Crippen LogP contribution in [0.15, 0.2) is 84.9 Å². The van der Waals surface area contributed by atoms with Crippen molar-refractivity contribution in [3.05, 3.63) is 107 Å². The second kappa shape index (κ2) is 9.45. The van der Waals surface area contributed by atoms with E-state index in [0.717, 1.165) is 11.1 Å². The Kier molecular flexibility index (Phi) is 6.33. The lowest BCUT2D eigenvalue weighted by Crippen LogP contribution is -2.61. The van der Waals surface area contributed by atoms with Crippen LogP contribution in [0.1, 0.15) is 53.1 Å². The lowest BCUT2D eigenvalue weighted by molar-refractivity contribution is -0.159. The average Bonchev–Trinajstić information content (AvgIpc) is 3.14. The second-order valence-corrected chi connectivity index (χ2v) is 11.4. The highest BCUT2D eigenvalue weighted by molar-refractivity contribution is 8.01. The van der Waals surface area contributed by atoms with E-state index in [1.54, 1.807) is 40.9 Å². The molecule has 2 fully saturated rings. The van der Waals surface area contributed by atoms with Gasteiger partial charge in [0.25, 0.3) is 0 Å². The molecule has 2 aliphatic rings. The third kappa shape index (κ3) is 4.17. The van der Waals surface area contributed by atoms with E-state index in [1.807, 2.05) is 74.5 Å². The highest BCUT2D eigenvalue weighted by atomic mass is 32.2. The fourth-order valence-corrected chi connectivity index (χ4v) is 6.59. The number of aliphatic hydroxyl groups is 1. The second-order valence-electron chi connectivity index (χ2n) is 9.59. The molecule has 3 aromatic carbocycles. The third-order valence-electron chi connectivity index (χ3n) is 6.86. The Morgan fingerprint density at radius 2 is 1.53 bits per heavy atom. The summed E-state index contributed by atoms with van der Waals surface area (Å²) in [4.78, 5) is 27.4. The number of thioether (sulfide) groups is 1. The molecule has 1 N–H and O–H groups in total. The van der Waals surface area contributed by atoms with Crippen LogP contribution in [0.4, 0.5) is 0 Å². The van der Waals surface area contributed by atoms with Crippen molar-refractivity contribution >= 4 is 23.6 Å². The molecule has 4 atom stereocenters. The molecular weight excluding hydrogens is 472 g/mol. The van der Waals surface area contributed by atoms with Crippen LogP contribution in [0.25, 0.3) is 0 Å². The largest absolute Gasteiger partial charge is 0.449 e. The first-order valence-electron chi connectivity index (χ1n) is 11.8. The average molecular weight is 499 g/mol. The molecule has 6 nitrogen and oxygen atoms in total. The van der Waals surface area contributed by atoms with Crippen molar-refractivity contribution in [2.75, 3.05) is 0 Å². The summed E-state index contributed by atoms with van der Waals surface area (Å²) in [6, 6.07) is 27.4. The molecule has 0 spiro atoms. The van der Waals surface area contributed by atoms with Gasteiger partial charge in [-0.2, -0.15) is 5.26 Å². The Balaban J connectivity index is 1.31. The molecule has 2 aliphatic heterocycles. The van der Waals surface area contributed by atoms with Crippen molar-refractivity contribution in [2.45, 2.75) is 42.2 Å². The fraction of sp³-hybridized carbons (Fsp3) is 0.276. The number of aliphatic hydroxyl groups excluding tert-OH is 1. The van der Waals surface area contributed by atoms with Crippen molar-refractivity contribution in [3.8, 4) is 6.07 Å². The topological polar surface area (TPSA) is 90.6 Å². The number of carbonyl (C=O) groups excluding carboxylic acids is 2. The van der Waals surface area contributed by atoms with Crippen LogP contribution in [0.2, 0.25) is 0 Å². The van der Waals surface area contributed by atoms with Gasteiger partial charge in [0.1, 0.15) is 6.04 Å². The zero-order valence-corrected chi connectivity index (χ0v) is 20.8. The molecular formula is C29H26N2O4S. The van der Waals surface area contributed by atoms with E-state index in [1.165, 1.54) is 0 Å². The summed E-state index contributed by atoms with van der Waals surface area (Å²) in [5.41, 5.74) is 2.63. The van der Waals surface area contributed by atoms with Gasteiger partial charge in [0.05, 0.1) is 29.0 Å². The molecule has 2 saturated heterocycles. The van der Waals surface area contributed by atoms with Gasteiger partial charge in [-0.15, -0.1) is 11.8 Å². The fourth-order valence-electron chi connectivity index (χ4n) is 4.92. The van der Waals surface area contributed by atoms with Crippen molar-refractivity contribution in [3.63, 3.8) is 0 Å². The maximum absolute atomic E-state index is 13.0. The number of hydrogen-bond acceptors (Lipinski definition) is 6. The Labute approximate surface area is 214 Å². The van der Waals surface area contributed by atoms with Gasteiger partial charge < -0.3 is 14.7 Å². The number of ether oxygens (including phenoxy) is 1. The minimum absolute atomic E-state index is 0.214. The molecule has 36 heavy (non-hydrogen) atoms. The van der Waals surface area contributed by atoms with E-state index >= 15 is 0 Å². The number of β-lactam (4-membered cyclic amide) rings is 1. The molecule has 1 amide bonds. The number of rotatable bonds is 6. The number of benzene rings is 3. The standard InChI is InChI=1S/C29H26N2O4S/c1-29(2)22(17-30)31-26(33)23(27(31)36-29)24(32)18-13-15-21(16-14-18)28(34)35-25(19-9-5-3-6-10-19)20-11-7-4-8-12-20/h3-16,22-25,27,32H,1-2H3/t22-,23+,24?,27+/m0/s1. The molecule has 5 rings (SSSR count). The summed E-state index contributed by atoms with van der Waals surface area (Å²) < 4.78 is 5.52. The van der Waals surface area contributed by atoms with Crippen molar-refractivity contribution in [1.82, 2.24) is 4.90 Å². The van der Waals surface area contributed by atoms with Gasteiger partial charge in [0.15, 0.2) is 6.10 Å². The number of carbonyl (C=O) groups is 2. The number of amides is 1. The van der Waals surface area contributed by atoms with Crippen LogP contribution in [-0.4, -0.2) is 38.0 Å². The lowest BCUT2D eigenvalue weighted by Gasteiger charge is -2.45. The lowest BCUT2D eigenvalue weighted by atomic mass is 9.85. The van der Waals surface area contributed by atoms with Crippen LogP contribution in [0.3, 0.4) is 0 Å². The molecule has 7 heteroatoms. The van der Waals surface area contributed by atoms with Crippen LogP contribution in [0, 0.1) is 17.2 Å². The van der Waals surface area contributed by atoms with Crippen LogP contribution < -0.4 is 0 Å². The van der Waals surface area contributed by atoms with E-state index < -0.39 is 34.9 Å². The summed E-state index contributed by atoms with van der Waals surface area (Å²) in [6.45, 7) is 3.89. The number of nitriles is 1. The van der Waals surface area contributed by atoms with Crippen LogP contribution >= 0.6 is 11.8 Å². The molecule has 182 valence electrons. The van der Waals surface area contributed by atoms with E-state index in [-0.39, 0.29) is 11.3 Å². The third-order valence-corrected chi connectivity index (χ3v) is 8.45. The molecule has 0 bridgehead atoms. The SMILES string of the molecule is CC1(C)S[C@@H]2[C@H](C(O)c3ccc(C(=O)OC(c4ccccc4)c4ccccc4)cc3)C(=O)N2[C@H]1C#N. The van der Waals surface area contributed by atoms with Crippen molar-refractivity contribution in [1.29, 1.82) is 5.26 Å². The Bertz CT molecular complexity index is 1270. The highest BCUT2D eigenvalue weighted by Gasteiger charge is 2.63. The van der Waals surface area contributed by atoms with Gasteiger partial charge in [-0.3, -0.25) is 4.79 Å². The molecule has 0 aromatic heterocycles. The summed E-state index contributed by atoms with van der Waals surface area (Å²) in [5, 5.41) is 20.3. The van der Waals surface area contributed by atoms with E-state index in [0.29, 0.717) is 11.1 Å². The molecule has 2 heterocycles. The first-order valence-corrected chi connectivity index (χ1v) is 12.7. The van der Waals surface area contributed by atoms with Gasteiger partial charge in [-0.25, -0.2) is 4.79 Å². The van der Waals surface area contributed by atoms with Crippen molar-refractivity contribution < 1.29 is 19.4 Å². The maximum Gasteiger partial charge on any atom is 0.339 e. The maximum atomic E-state index is 13.0. The number of fused-ring (bicyclic) bond motifs is 1. The predicted octanol–water partition coefficient (Wildman–Crippen LogP) is 4.87. The summed E-state index contributed by atoms with van der Waals surface area (Å²) >= 11 is 1.54. The first kappa shape index (κ1) is 24.1. The summed E-state index contributed by atoms with van der Waals surface area (Å²) in [6.07, 6.45) is -1.58. The highest BCUT2D eigenvalue weighted by Crippen LogP contribution is 2.55. The van der Waals surface area contributed by atoms with Crippen LogP contribution in [0.5, 0.6) is 0 Å². The molecule has 0 radical (unpaired) electrons. The van der Waals surface area contributed by atoms with Gasteiger partial charge >= 0.3 is 5.97 Å². The quantitative estimate of drug-likeness (QED) is 0.385. The molecule has 0 aliphatic carbocycles. The van der Waals surface area contributed by atoms with Crippen LogP contribution in [-0.2, 0) is 9.53 Å². The van der Waals surface area contributed by atoms with E-state index in [2.05, 4.69) is 6.07 Å². The number of esters is 1. The van der Waals surface area contributed by atoms with Gasteiger partial charge in [0.2, 0.25) is 5.91 Å². The normalized spacial score (nSPS) is 22.9.